The van der Waals surface area contributed by atoms with Crippen LogP contribution in [0.3, 0.4) is 0 Å². The molecule has 0 radical (unpaired) electrons. The second-order valence-corrected chi connectivity index (χ2v) is 17.5. The van der Waals surface area contributed by atoms with Crippen LogP contribution in [0, 0.1) is 0 Å². The number of amides is 3. The van der Waals surface area contributed by atoms with Gasteiger partial charge < -0.3 is 45.0 Å². The van der Waals surface area contributed by atoms with Crippen LogP contribution < -0.4 is 30.4 Å². The van der Waals surface area contributed by atoms with Gasteiger partial charge in [0.25, 0.3) is 0 Å². The Morgan fingerprint density at radius 2 is 1.61 bits per heavy atom. The summed E-state index contributed by atoms with van der Waals surface area (Å²) < 4.78 is 19.4. The van der Waals surface area contributed by atoms with E-state index >= 15 is 0 Å². The van der Waals surface area contributed by atoms with Crippen LogP contribution in [0.2, 0.25) is 0 Å². The summed E-state index contributed by atoms with van der Waals surface area (Å²) in [6.45, 7) is 14.4. The fourth-order valence-corrected chi connectivity index (χ4v) is 9.73. The normalized spacial score (nSPS) is 20.2. The van der Waals surface area contributed by atoms with Gasteiger partial charge in [-0.25, -0.2) is 14.1 Å². The van der Waals surface area contributed by atoms with Crippen molar-refractivity contribution in [2.45, 2.75) is 51.4 Å². The van der Waals surface area contributed by atoms with E-state index in [1.54, 1.807) is 4.90 Å². The Morgan fingerprint density at radius 1 is 0.859 bits per heavy atom. The van der Waals surface area contributed by atoms with Gasteiger partial charge >= 0.3 is 12.1 Å². The van der Waals surface area contributed by atoms with Crippen LogP contribution in [0.5, 0.6) is 0 Å². The van der Waals surface area contributed by atoms with Gasteiger partial charge in [0.1, 0.15) is 5.52 Å². The first-order valence-corrected chi connectivity index (χ1v) is 23.0. The smallest absolute Gasteiger partial charge is 0.409 e. The molecule has 5 aromatic heterocycles. The molecule has 64 heavy (non-hydrogen) atoms. The first-order valence-electron chi connectivity index (χ1n) is 23.0. The van der Waals surface area contributed by atoms with Crippen LogP contribution >= 0.6 is 0 Å². The molecule has 4 aliphatic heterocycles. The minimum absolute atomic E-state index is 0.0544. The highest BCUT2D eigenvalue weighted by Gasteiger charge is 2.29. The molecule has 9 heterocycles. The van der Waals surface area contributed by atoms with Crippen molar-refractivity contribution in [2.75, 3.05) is 102 Å². The summed E-state index contributed by atoms with van der Waals surface area (Å²) in [5.74, 6) is 0. The van der Waals surface area contributed by atoms with Crippen molar-refractivity contribution in [3.05, 3.63) is 91.3 Å². The Kier molecular flexibility index (Phi) is 12.1. The Morgan fingerprint density at radius 3 is 2.34 bits per heavy atom. The molecule has 4 saturated heterocycles. The zero-order chi connectivity index (χ0) is 43.6. The summed E-state index contributed by atoms with van der Waals surface area (Å²) in [5.41, 5.74) is 9.94. The molecule has 17 heteroatoms. The molecule has 17 nitrogen and oxygen atoms in total. The van der Waals surface area contributed by atoms with Crippen LogP contribution in [0.25, 0.3) is 33.3 Å². The molecule has 0 bridgehead atoms. The number of rotatable bonds is 10. The number of nitrogens with zero attached hydrogens (tertiary/aromatic N) is 10. The van der Waals surface area contributed by atoms with Crippen LogP contribution in [0.15, 0.2) is 85.7 Å². The molecule has 2 unspecified atom stereocenters. The Bertz CT molecular complexity index is 2560. The number of carbonyl (C=O) groups is 2. The summed E-state index contributed by atoms with van der Waals surface area (Å²) in [6.07, 6.45) is 14.4. The maximum Gasteiger partial charge on any atom is 0.409 e. The summed E-state index contributed by atoms with van der Waals surface area (Å²) in [7, 11) is 0. The third kappa shape index (κ3) is 8.71. The molecule has 3 N–H and O–H groups in total. The van der Waals surface area contributed by atoms with E-state index in [4.69, 9.17) is 14.6 Å². The highest BCUT2D eigenvalue weighted by atomic mass is 16.6. The van der Waals surface area contributed by atoms with E-state index in [2.05, 4.69) is 125 Å². The van der Waals surface area contributed by atoms with Crippen molar-refractivity contribution >= 4 is 34.5 Å². The van der Waals surface area contributed by atoms with Gasteiger partial charge in [0.2, 0.25) is 0 Å². The lowest BCUT2D eigenvalue weighted by Gasteiger charge is -2.36. The Labute approximate surface area is 373 Å². The topological polar surface area (TPSA) is 145 Å². The standard InChI is InChI=1S/C47H59N13O4/c1-3-64-47(62)56-22-18-54(19-23-56)43-11-15-57(60-32-38(26-45(43)60)35-6-8-36(9-7-35)41-33-63-24-14-49-41)29-34(2)52-46(61)55-20-16-53(17-21-55)42-10-13-50-59-30-37(25-44(42)59)39-27-51-58(31-39)40-5-4-12-48-28-40/h6-11,13,15,25-27,30-32,34,40-41,48-49H,3-5,12,14,16-24,28-29,33H2,1-2H3/p+1/t34?,40-,41?/m1/s1. The molecule has 0 spiro atoms. The number of aromatic nitrogens is 6. The Hall–Kier alpha value is -6.17. The quantitative estimate of drug-likeness (QED) is 0.172. The third-order valence-corrected chi connectivity index (χ3v) is 13.3. The summed E-state index contributed by atoms with van der Waals surface area (Å²) >= 11 is 0. The minimum atomic E-state index is -0.256. The largest absolute Gasteiger partial charge is 0.450 e. The number of morpholine rings is 1. The fourth-order valence-electron chi connectivity index (χ4n) is 9.73. The first kappa shape index (κ1) is 41.8. The summed E-state index contributed by atoms with van der Waals surface area (Å²) in [5, 5.41) is 19.7. The molecule has 1 aromatic carbocycles. The van der Waals surface area contributed by atoms with E-state index in [1.807, 2.05) is 28.7 Å². The minimum Gasteiger partial charge on any atom is -0.450 e. The molecular formula is C47H60N13O4+. The monoisotopic (exact) mass is 870 g/mol. The number of hydrogen-bond donors (Lipinski definition) is 3. The van der Waals surface area contributed by atoms with E-state index in [1.165, 1.54) is 5.56 Å². The second kappa shape index (κ2) is 18.5. The maximum atomic E-state index is 13.8. The number of benzene rings is 1. The number of hydrogen-bond acceptors (Lipinski definition) is 10. The number of anilines is 2. The van der Waals surface area contributed by atoms with E-state index in [0.29, 0.717) is 65.1 Å². The number of nitrogens with one attached hydrogen (secondary N) is 3. The molecule has 0 saturated carbocycles. The van der Waals surface area contributed by atoms with Gasteiger partial charge in [0, 0.05) is 107 Å². The van der Waals surface area contributed by atoms with Crippen molar-refractivity contribution < 1.29 is 23.7 Å². The molecule has 4 fully saturated rings. The van der Waals surface area contributed by atoms with Crippen molar-refractivity contribution in [1.29, 1.82) is 0 Å². The van der Waals surface area contributed by atoms with E-state index < -0.39 is 0 Å². The summed E-state index contributed by atoms with van der Waals surface area (Å²) in [6, 6.07) is 17.8. The molecule has 336 valence electrons. The molecule has 3 atom stereocenters. The molecule has 3 amide bonds. The predicted octanol–water partition coefficient (Wildman–Crippen LogP) is 4.19. The summed E-state index contributed by atoms with van der Waals surface area (Å²) in [4.78, 5) is 34.7. The lowest BCUT2D eigenvalue weighted by Crippen LogP contribution is -2.56. The van der Waals surface area contributed by atoms with Crippen LogP contribution in [-0.2, 0) is 16.0 Å². The van der Waals surface area contributed by atoms with Crippen molar-refractivity contribution in [3.63, 3.8) is 0 Å². The Balaban J connectivity index is 0.810. The van der Waals surface area contributed by atoms with E-state index in [9.17, 15) is 9.59 Å². The van der Waals surface area contributed by atoms with Crippen molar-refractivity contribution in [3.8, 4) is 22.3 Å². The number of piperazine rings is 2. The number of ether oxygens (including phenoxy) is 2. The highest BCUT2D eigenvalue weighted by molar-refractivity contribution is 5.81. The van der Waals surface area contributed by atoms with Gasteiger partial charge in [0.15, 0.2) is 12.7 Å². The van der Waals surface area contributed by atoms with Gasteiger partial charge in [-0.3, -0.25) is 4.68 Å². The van der Waals surface area contributed by atoms with Gasteiger partial charge in [0.05, 0.1) is 67.2 Å². The highest BCUT2D eigenvalue weighted by Crippen LogP contribution is 2.32. The van der Waals surface area contributed by atoms with Crippen molar-refractivity contribution in [1.82, 2.24) is 49.7 Å². The molecule has 0 aliphatic carbocycles. The number of piperidine rings is 1. The van der Waals surface area contributed by atoms with E-state index in [-0.39, 0.29) is 24.2 Å². The predicted molar refractivity (Wildman–Crippen MR) is 245 cm³/mol. The van der Waals surface area contributed by atoms with Crippen LogP contribution in [0.4, 0.5) is 21.0 Å². The average molecular weight is 871 g/mol. The zero-order valence-corrected chi connectivity index (χ0v) is 36.9. The van der Waals surface area contributed by atoms with Crippen LogP contribution in [0.1, 0.15) is 44.3 Å². The van der Waals surface area contributed by atoms with E-state index in [0.717, 1.165) is 96.8 Å². The number of fused-ring (bicyclic) bond motifs is 2. The number of carbonyl (C=O) groups excluding carboxylic acids is 2. The third-order valence-electron chi connectivity index (χ3n) is 13.3. The number of urea groups is 1. The zero-order valence-electron chi connectivity index (χ0n) is 36.9. The van der Waals surface area contributed by atoms with Crippen molar-refractivity contribution in [2.24, 2.45) is 0 Å². The lowest BCUT2D eigenvalue weighted by atomic mass is 10.0. The molecule has 6 aromatic rings. The maximum absolute atomic E-state index is 13.8. The van der Waals surface area contributed by atoms with Gasteiger partial charge in [-0.1, -0.05) is 24.3 Å². The second-order valence-electron chi connectivity index (χ2n) is 17.5. The van der Waals surface area contributed by atoms with Gasteiger partial charge in [-0.05, 0) is 62.6 Å². The lowest BCUT2D eigenvalue weighted by molar-refractivity contribution is -0.764. The fraction of sp³-hybridized carbons (Fsp3) is 0.468. The molecule has 4 aliphatic rings. The average Bonchev–Trinajstić information content (AvgIpc) is 4.12. The van der Waals surface area contributed by atoms with Crippen LogP contribution in [-0.4, -0.2) is 144 Å². The SMILES string of the molecule is CCOC(=O)N1CCN(c2cc[n+](CC(C)NC(=O)N3CCN(c4ccnn5cc(-c6cnn([C@@H]7CCCNC7)c6)cc45)CC3)n3cc(-c4ccc(C5COCCN5)cc4)cc23)CC1. The first-order chi connectivity index (χ1) is 31.4. The molecule has 10 rings (SSSR count). The van der Waals surface area contributed by atoms with Gasteiger partial charge in [-0.2, -0.15) is 10.2 Å². The van der Waals surface area contributed by atoms with Gasteiger partial charge in [-0.15, -0.1) is 9.20 Å². The molecular weight excluding hydrogens is 811 g/mol.